The van der Waals surface area contributed by atoms with Crippen molar-refractivity contribution in [1.29, 1.82) is 0 Å². The zero-order valence-corrected chi connectivity index (χ0v) is 8.77. The van der Waals surface area contributed by atoms with Crippen LogP contribution in [-0.4, -0.2) is 6.29 Å². The molecule has 0 heterocycles. The summed E-state index contributed by atoms with van der Waals surface area (Å²) in [5, 5.41) is 0. The fourth-order valence-electron chi connectivity index (χ4n) is 1.38. The van der Waals surface area contributed by atoms with Crippen molar-refractivity contribution < 1.29 is 18.0 Å². The highest BCUT2D eigenvalue weighted by atomic mass is 19.4. The lowest BCUT2D eigenvalue weighted by atomic mass is 9.99. The van der Waals surface area contributed by atoms with Crippen LogP contribution < -0.4 is 0 Å². The van der Waals surface area contributed by atoms with Crippen molar-refractivity contribution in [3.63, 3.8) is 0 Å². The van der Waals surface area contributed by atoms with Crippen LogP contribution in [0.2, 0.25) is 0 Å². The number of allylic oxidation sites excluding steroid dienone is 1. The van der Waals surface area contributed by atoms with Crippen molar-refractivity contribution in [3.8, 4) is 0 Å². The van der Waals surface area contributed by atoms with E-state index in [4.69, 9.17) is 0 Å². The lowest BCUT2D eigenvalue weighted by Gasteiger charge is -2.10. The largest absolute Gasteiger partial charge is 0.416 e. The Kier molecular flexibility index (Phi) is 3.52. The average molecular weight is 228 g/mol. The number of hydrogen-bond acceptors (Lipinski definition) is 1. The second kappa shape index (κ2) is 4.51. The van der Waals surface area contributed by atoms with Gasteiger partial charge >= 0.3 is 6.18 Å². The molecule has 1 rings (SSSR count). The summed E-state index contributed by atoms with van der Waals surface area (Å²) in [5.74, 6) is 0. The van der Waals surface area contributed by atoms with Crippen molar-refractivity contribution in [2.24, 2.45) is 0 Å². The molecule has 0 aromatic heterocycles. The lowest BCUT2D eigenvalue weighted by Crippen LogP contribution is -2.07. The monoisotopic (exact) mass is 228 g/mol. The smallest absolute Gasteiger partial charge is 0.298 e. The molecule has 16 heavy (non-hydrogen) atoms. The fourth-order valence-corrected chi connectivity index (χ4v) is 1.38. The van der Waals surface area contributed by atoms with E-state index in [1.54, 1.807) is 6.92 Å². The average Bonchev–Trinajstić information content (AvgIpc) is 2.15. The second-order valence-corrected chi connectivity index (χ2v) is 3.66. The summed E-state index contributed by atoms with van der Waals surface area (Å²) in [5.41, 5.74) is 0.602. The van der Waals surface area contributed by atoms with E-state index in [2.05, 4.69) is 6.58 Å². The van der Waals surface area contributed by atoms with Gasteiger partial charge in [-0.25, -0.2) is 0 Å². The first kappa shape index (κ1) is 12.5. The molecule has 0 aliphatic carbocycles. The molecule has 0 unspecified atom stereocenters. The molecule has 1 aromatic carbocycles. The topological polar surface area (TPSA) is 17.1 Å². The Morgan fingerprint density at radius 1 is 1.44 bits per heavy atom. The van der Waals surface area contributed by atoms with Crippen molar-refractivity contribution in [2.75, 3.05) is 0 Å². The Balaban J connectivity index is 3.21. The molecule has 0 fully saturated rings. The van der Waals surface area contributed by atoms with E-state index in [-0.39, 0.29) is 12.0 Å². The van der Waals surface area contributed by atoms with Crippen LogP contribution in [0.4, 0.5) is 13.2 Å². The summed E-state index contributed by atoms with van der Waals surface area (Å²) in [7, 11) is 0. The van der Waals surface area contributed by atoms with E-state index in [0.717, 1.165) is 12.1 Å². The standard InChI is InChI=1S/C12H11F3O/c1-8(2)5-10-6-11(12(13,14)15)4-3-9(10)7-16/h3-4,6-7H,1,5H2,2H3. The number of aldehydes is 1. The maximum Gasteiger partial charge on any atom is 0.416 e. The van der Waals surface area contributed by atoms with Gasteiger partial charge in [-0.3, -0.25) is 4.79 Å². The predicted octanol–water partition coefficient (Wildman–Crippen LogP) is 3.64. The third-order valence-corrected chi connectivity index (χ3v) is 2.09. The van der Waals surface area contributed by atoms with Crippen molar-refractivity contribution >= 4 is 6.29 Å². The molecule has 0 saturated carbocycles. The van der Waals surface area contributed by atoms with Crippen molar-refractivity contribution in [3.05, 3.63) is 47.0 Å². The van der Waals surface area contributed by atoms with E-state index in [9.17, 15) is 18.0 Å². The van der Waals surface area contributed by atoms with Gasteiger partial charge in [-0.15, -0.1) is 0 Å². The van der Waals surface area contributed by atoms with E-state index >= 15 is 0 Å². The molecule has 0 atom stereocenters. The van der Waals surface area contributed by atoms with Gasteiger partial charge in [0.2, 0.25) is 0 Å². The summed E-state index contributed by atoms with van der Waals surface area (Å²) < 4.78 is 37.3. The number of carbonyl (C=O) groups excluding carboxylic acids is 1. The molecule has 1 nitrogen and oxygen atoms in total. The van der Waals surface area contributed by atoms with E-state index in [1.165, 1.54) is 6.07 Å². The first-order chi connectivity index (χ1) is 7.34. The normalized spacial score (nSPS) is 11.2. The molecule has 86 valence electrons. The van der Waals surface area contributed by atoms with Crippen molar-refractivity contribution in [1.82, 2.24) is 0 Å². The first-order valence-electron chi connectivity index (χ1n) is 4.64. The number of hydrogen-bond donors (Lipinski definition) is 0. The van der Waals surface area contributed by atoms with E-state index < -0.39 is 11.7 Å². The Morgan fingerprint density at radius 2 is 2.06 bits per heavy atom. The van der Waals surface area contributed by atoms with Crippen LogP contribution in [0.15, 0.2) is 30.4 Å². The minimum atomic E-state index is -4.38. The van der Waals surface area contributed by atoms with Gasteiger partial charge in [0.25, 0.3) is 0 Å². The Bertz CT molecular complexity index is 419. The minimum Gasteiger partial charge on any atom is -0.298 e. The molecule has 0 radical (unpaired) electrons. The highest BCUT2D eigenvalue weighted by molar-refractivity contribution is 5.77. The molecule has 0 aliphatic heterocycles. The van der Waals surface area contributed by atoms with Gasteiger partial charge in [-0.05, 0) is 31.0 Å². The van der Waals surface area contributed by atoms with Crippen LogP contribution in [0.25, 0.3) is 0 Å². The minimum absolute atomic E-state index is 0.274. The van der Waals surface area contributed by atoms with Gasteiger partial charge in [0.1, 0.15) is 6.29 Å². The Labute approximate surface area is 91.6 Å². The number of benzene rings is 1. The maximum absolute atomic E-state index is 12.4. The third kappa shape index (κ3) is 2.95. The number of halogens is 3. The van der Waals surface area contributed by atoms with Crippen LogP contribution in [0.1, 0.15) is 28.4 Å². The third-order valence-electron chi connectivity index (χ3n) is 2.09. The van der Waals surface area contributed by atoms with Gasteiger partial charge in [0.05, 0.1) is 5.56 Å². The Morgan fingerprint density at radius 3 is 2.50 bits per heavy atom. The van der Waals surface area contributed by atoms with Gasteiger partial charge in [0.15, 0.2) is 0 Å². The zero-order valence-electron chi connectivity index (χ0n) is 8.77. The van der Waals surface area contributed by atoms with Gasteiger partial charge in [0, 0.05) is 5.56 Å². The highest BCUT2D eigenvalue weighted by Gasteiger charge is 2.30. The highest BCUT2D eigenvalue weighted by Crippen LogP contribution is 2.30. The molecule has 0 N–H and O–H groups in total. The van der Waals surface area contributed by atoms with Crippen molar-refractivity contribution in [2.45, 2.75) is 19.5 Å². The SMILES string of the molecule is C=C(C)Cc1cc(C(F)(F)F)ccc1C=O. The number of carbonyl (C=O) groups is 1. The quantitative estimate of drug-likeness (QED) is 0.570. The summed E-state index contributed by atoms with van der Waals surface area (Å²) in [6.45, 7) is 5.32. The van der Waals surface area contributed by atoms with E-state index in [0.29, 0.717) is 17.4 Å². The summed E-state index contributed by atoms with van der Waals surface area (Å²) in [4.78, 5) is 10.7. The molecule has 0 amide bonds. The summed E-state index contributed by atoms with van der Waals surface area (Å²) >= 11 is 0. The zero-order chi connectivity index (χ0) is 12.3. The lowest BCUT2D eigenvalue weighted by molar-refractivity contribution is -0.137. The van der Waals surface area contributed by atoms with Gasteiger partial charge in [-0.1, -0.05) is 18.2 Å². The van der Waals surface area contributed by atoms with Crippen LogP contribution in [0.3, 0.4) is 0 Å². The van der Waals surface area contributed by atoms with Gasteiger partial charge < -0.3 is 0 Å². The summed E-state index contributed by atoms with van der Waals surface area (Å²) in [6.07, 6.45) is -3.55. The molecule has 0 aliphatic rings. The molecular formula is C12H11F3O. The molecule has 0 spiro atoms. The molecule has 0 saturated heterocycles. The van der Waals surface area contributed by atoms with Crippen LogP contribution in [0.5, 0.6) is 0 Å². The Hall–Kier alpha value is -1.58. The number of rotatable bonds is 3. The molecule has 0 bridgehead atoms. The first-order valence-corrected chi connectivity index (χ1v) is 4.64. The van der Waals surface area contributed by atoms with Crippen LogP contribution in [-0.2, 0) is 12.6 Å². The number of alkyl halides is 3. The van der Waals surface area contributed by atoms with Crippen LogP contribution >= 0.6 is 0 Å². The summed E-state index contributed by atoms with van der Waals surface area (Å²) in [6, 6.07) is 3.10. The maximum atomic E-state index is 12.4. The molecule has 1 aromatic rings. The van der Waals surface area contributed by atoms with Gasteiger partial charge in [-0.2, -0.15) is 13.2 Å². The van der Waals surface area contributed by atoms with Crippen LogP contribution in [0, 0.1) is 0 Å². The molecular weight excluding hydrogens is 217 g/mol. The van der Waals surface area contributed by atoms with E-state index in [1.807, 2.05) is 0 Å². The second-order valence-electron chi connectivity index (χ2n) is 3.66. The predicted molar refractivity (Wildman–Crippen MR) is 55.3 cm³/mol. The fraction of sp³-hybridized carbons (Fsp3) is 0.250. The molecule has 4 heteroatoms.